The zero-order valence-electron chi connectivity index (χ0n) is 9.56. The minimum atomic E-state index is -0.272. The highest BCUT2D eigenvalue weighted by atomic mass is 16.5. The third-order valence-electron chi connectivity index (χ3n) is 3.18. The van der Waals surface area contributed by atoms with E-state index in [2.05, 4.69) is 0 Å². The number of ether oxygens (including phenoxy) is 2. The summed E-state index contributed by atoms with van der Waals surface area (Å²) in [6, 6.07) is 0. The summed E-state index contributed by atoms with van der Waals surface area (Å²) < 4.78 is 10.9. The van der Waals surface area contributed by atoms with Gasteiger partial charge in [0.15, 0.2) is 0 Å². The molecule has 92 valence electrons. The van der Waals surface area contributed by atoms with Crippen molar-refractivity contribution in [1.82, 2.24) is 4.90 Å². The molecule has 0 saturated carbocycles. The van der Waals surface area contributed by atoms with Crippen LogP contribution in [-0.4, -0.2) is 55.9 Å². The van der Waals surface area contributed by atoms with Gasteiger partial charge in [-0.3, -0.25) is 4.79 Å². The molecule has 2 fully saturated rings. The van der Waals surface area contributed by atoms with Crippen molar-refractivity contribution in [2.24, 2.45) is 5.73 Å². The van der Waals surface area contributed by atoms with E-state index in [1.807, 2.05) is 4.90 Å². The van der Waals surface area contributed by atoms with Crippen LogP contribution in [-0.2, 0) is 14.3 Å². The predicted molar refractivity (Wildman–Crippen MR) is 59.0 cm³/mol. The molecule has 5 heteroatoms. The van der Waals surface area contributed by atoms with E-state index in [4.69, 9.17) is 15.2 Å². The molecule has 2 atom stereocenters. The van der Waals surface area contributed by atoms with E-state index in [9.17, 15) is 4.79 Å². The van der Waals surface area contributed by atoms with Gasteiger partial charge in [-0.05, 0) is 19.3 Å². The van der Waals surface area contributed by atoms with E-state index in [0.717, 1.165) is 32.4 Å². The molecule has 0 aromatic rings. The number of nitrogens with zero attached hydrogens (tertiary/aromatic N) is 1. The van der Waals surface area contributed by atoms with Crippen LogP contribution in [0.25, 0.3) is 0 Å². The van der Waals surface area contributed by atoms with E-state index in [1.165, 1.54) is 0 Å². The van der Waals surface area contributed by atoms with Crippen LogP contribution >= 0.6 is 0 Å². The largest absolute Gasteiger partial charge is 0.380 e. The zero-order valence-corrected chi connectivity index (χ0v) is 9.56. The van der Waals surface area contributed by atoms with Gasteiger partial charge in [0.25, 0.3) is 5.91 Å². The van der Waals surface area contributed by atoms with E-state index in [0.29, 0.717) is 19.7 Å². The quantitative estimate of drug-likeness (QED) is 0.707. The van der Waals surface area contributed by atoms with Gasteiger partial charge >= 0.3 is 0 Å². The minimum absolute atomic E-state index is 0.0668. The maximum absolute atomic E-state index is 12.1. The normalized spacial score (nSPS) is 31.4. The summed E-state index contributed by atoms with van der Waals surface area (Å²) in [5.74, 6) is 0.112. The van der Waals surface area contributed by atoms with Crippen molar-refractivity contribution in [2.45, 2.75) is 31.5 Å². The first-order chi connectivity index (χ1) is 7.81. The molecular formula is C11H20N2O3. The molecular weight excluding hydrogens is 208 g/mol. The molecule has 0 spiro atoms. The average molecular weight is 228 g/mol. The Hall–Kier alpha value is -0.650. The van der Waals surface area contributed by atoms with Crippen molar-refractivity contribution in [3.63, 3.8) is 0 Å². The molecule has 2 aliphatic rings. The molecule has 0 unspecified atom stereocenters. The van der Waals surface area contributed by atoms with Gasteiger partial charge in [0.05, 0.1) is 12.7 Å². The van der Waals surface area contributed by atoms with E-state index < -0.39 is 0 Å². The van der Waals surface area contributed by atoms with Gasteiger partial charge in [-0.15, -0.1) is 0 Å². The molecule has 2 heterocycles. The summed E-state index contributed by atoms with van der Waals surface area (Å²) in [4.78, 5) is 14.0. The molecule has 0 aromatic heterocycles. The first kappa shape index (κ1) is 11.8. The van der Waals surface area contributed by atoms with Crippen LogP contribution in [0.15, 0.2) is 0 Å². The highest BCUT2D eigenvalue weighted by molar-refractivity contribution is 5.81. The standard InChI is InChI=1S/C11H20N2O3/c12-8-9-2-3-10(16-9)11(14)13-4-1-6-15-7-5-13/h9-10H,1-8,12H2/t9-,10+/m1/s1. The lowest BCUT2D eigenvalue weighted by Crippen LogP contribution is -2.41. The number of carbonyl (C=O) groups is 1. The Balaban J connectivity index is 1.86. The Morgan fingerprint density at radius 1 is 1.31 bits per heavy atom. The molecule has 0 aromatic carbocycles. The topological polar surface area (TPSA) is 64.8 Å². The van der Waals surface area contributed by atoms with Crippen molar-refractivity contribution >= 4 is 5.91 Å². The maximum atomic E-state index is 12.1. The number of hydrogen-bond acceptors (Lipinski definition) is 4. The molecule has 16 heavy (non-hydrogen) atoms. The summed E-state index contributed by atoms with van der Waals surface area (Å²) in [5.41, 5.74) is 5.53. The lowest BCUT2D eigenvalue weighted by atomic mass is 10.2. The smallest absolute Gasteiger partial charge is 0.251 e. The first-order valence-electron chi connectivity index (χ1n) is 6.03. The minimum Gasteiger partial charge on any atom is -0.380 e. The van der Waals surface area contributed by atoms with Crippen LogP contribution in [0.5, 0.6) is 0 Å². The molecule has 2 N–H and O–H groups in total. The Morgan fingerprint density at radius 2 is 2.19 bits per heavy atom. The lowest BCUT2D eigenvalue weighted by Gasteiger charge is -2.23. The van der Waals surface area contributed by atoms with Crippen LogP contribution in [0.2, 0.25) is 0 Å². The fourth-order valence-corrected chi connectivity index (χ4v) is 2.23. The zero-order chi connectivity index (χ0) is 11.4. The van der Waals surface area contributed by atoms with E-state index in [-0.39, 0.29) is 18.1 Å². The average Bonchev–Trinajstić information content (AvgIpc) is 2.62. The van der Waals surface area contributed by atoms with Crippen molar-refractivity contribution in [3.8, 4) is 0 Å². The van der Waals surface area contributed by atoms with Crippen molar-refractivity contribution in [3.05, 3.63) is 0 Å². The Labute approximate surface area is 95.9 Å². The summed E-state index contributed by atoms with van der Waals surface area (Å²) in [6.45, 7) is 3.37. The van der Waals surface area contributed by atoms with Gasteiger partial charge in [-0.2, -0.15) is 0 Å². The molecule has 5 nitrogen and oxygen atoms in total. The number of rotatable bonds is 2. The summed E-state index contributed by atoms with van der Waals surface area (Å²) in [6.07, 6.45) is 2.41. The summed E-state index contributed by atoms with van der Waals surface area (Å²) in [7, 11) is 0. The number of nitrogens with two attached hydrogens (primary N) is 1. The Bertz CT molecular complexity index is 239. The van der Waals surface area contributed by atoms with Crippen LogP contribution in [0.4, 0.5) is 0 Å². The van der Waals surface area contributed by atoms with Gasteiger partial charge in [-0.1, -0.05) is 0 Å². The molecule has 0 radical (unpaired) electrons. The lowest BCUT2D eigenvalue weighted by molar-refractivity contribution is -0.142. The van der Waals surface area contributed by atoms with Gasteiger partial charge in [0, 0.05) is 26.2 Å². The van der Waals surface area contributed by atoms with Crippen LogP contribution in [0, 0.1) is 0 Å². The van der Waals surface area contributed by atoms with Crippen molar-refractivity contribution in [1.29, 1.82) is 0 Å². The second-order valence-corrected chi connectivity index (χ2v) is 4.35. The van der Waals surface area contributed by atoms with Gasteiger partial charge in [-0.25, -0.2) is 0 Å². The molecule has 0 aliphatic carbocycles. The van der Waals surface area contributed by atoms with Gasteiger partial charge in [0.2, 0.25) is 0 Å². The fraction of sp³-hybridized carbons (Fsp3) is 0.909. The van der Waals surface area contributed by atoms with Crippen LogP contribution in [0.3, 0.4) is 0 Å². The second kappa shape index (κ2) is 5.61. The van der Waals surface area contributed by atoms with E-state index in [1.54, 1.807) is 0 Å². The van der Waals surface area contributed by atoms with Gasteiger partial charge in [0.1, 0.15) is 6.10 Å². The fourth-order valence-electron chi connectivity index (χ4n) is 2.23. The molecule has 0 bridgehead atoms. The second-order valence-electron chi connectivity index (χ2n) is 4.35. The predicted octanol–water partition coefficient (Wildman–Crippen LogP) is -0.258. The highest BCUT2D eigenvalue weighted by Gasteiger charge is 2.32. The number of carbonyl (C=O) groups excluding carboxylic acids is 1. The van der Waals surface area contributed by atoms with Crippen LogP contribution in [0.1, 0.15) is 19.3 Å². The van der Waals surface area contributed by atoms with E-state index >= 15 is 0 Å². The molecule has 2 rings (SSSR count). The summed E-state index contributed by atoms with van der Waals surface area (Å²) >= 11 is 0. The third-order valence-corrected chi connectivity index (χ3v) is 3.18. The monoisotopic (exact) mass is 228 g/mol. The first-order valence-corrected chi connectivity index (χ1v) is 6.03. The molecule has 2 aliphatic heterocycles. The van der Waals surface area contributed by atoms with Crippen molar-refractivity contribution < 1.29 is 14.3 Å². The SMILES string of the molecule is NC[C@H]1CC[C@@H](C(=O)N2CCCOCC2)O1. The van der Waals surface area contributed by atoms with Gasteiger partial charge < -0.3 is 20.1 Å². The number of hydrogen-bond donors (Lipinski definition) is 1. The third kappa shape index (κ3) is 2.72. The highest BCUT2D eigenvalue weighted by Crippen LogP contribution is 2.21. The molecule has 2 saturated heterocycles. The molecule has 1 amide bonds. The van der Waals surface area contributed by atoms with Crippen LogP contribution < -0.4 is 5.73 Å². The number of amides is 1. The Morgan fingerprint density at radius 3 is 2.94 bits per heavy atom. The van der Waals surface area contributed by atoms with Crippen molar-refractivity contribution in [2.75, 3.05) is 32.8 Å². The maximum Gasteiger partial charge on any atom is 0.251 e. The Kier molecular flexibility index (Phi) is 4.15. The summed E-state index contributed by atoms with van der Waals surface area (Å²) in [5, 5.41) is 0.